The Morgan fingerprint density at radius 3 is 2.38 bits per heavy atom. The number of thiophene rings is 1. The van der Waals surface area contributed by atoms with Gasteiger partial charge in [0.05, 0.1) is 0 Å². The van der Waals surface area contributed by atoms with E-state index in [1.807, 2.05) is 11.3 Å². The van der Waals surface area contributed by atoms with Crippen LogP contribution >= 0.6 is 11.3 Å². The molecule has 0 radical (unpaired) electrons. The van der Waals surface area contributed by atoms with E-state index in [-0.39, 0.29) is 0 Å². The quantitative estimate of drug-likeness (QED) is 0.779. The molecule has 1 heterocycles. The largest absolute Gasteiger partial charge is 0.488 e. The van der Waals surface area contributed by atoms with Crippen LogP contribution in [0.25, 0.3) is 0 Å². The molecule has 0 fully saturated rings. The maximum absolute atomic E-state index is 5.85. The number of hydrogen-bond acceptors (Lipinski definition) is 3. The number of ether oxygens (including phenoxy) is 1. The van der Waals surface area contributed by atoms with Crippen LogP contribution in [-0.2, 0) is 19.4 Å². The first-order valence-electron chi connectivity index (χ1n) is 7.74. The minimum Gasteiger partial charge on any atom is -0.488 e. The van der Waals surface area contributed by atoms with Crippen molar-refractivity contribution in [2.24, 2.45) is 0 Å². The smallest absolute Gasteiger partial charge is 0.122 e. The van der Waals surface area contributed by atoms with Crippen molar-refractivity contribution in [3.8, 4) is 5.75 Å². The van der Waals surface area contributed by atoms with Crippen LogP contribution in [0.3, 0.4) is 0 Å². The third-order valence-electron chi connectivity index (χ3n) is 3.46. The van der Waals surface area contributed by atoms with E-state index >= 15 is 0 Å². The van der Waals surface area contributed by atoms with Crippen molar-refractivity contribution in [2.75, 3.05) is 6.54 Å². The molecule has 2 nitrogen and oxygen atoms in total. The van der Waals surface area contributed by atoms with Gasteiger partial charge in [0.25, 0.3) is 0 Å². The molecular formula is C18H25NOS. The summed E-state index contributed by atoms with van der Waals surface area (Å²) < 4.78 is 5.85. The molecule has 1 aromatic carbocycles. The Balaban J connectivity index is 1.84. The van der Waals surface area contributed by atoms with Gasteiger partial charge in [-0.1, -0.05) is 26.0 Å². The molecule has 1 unspecified atom stereocenters. The van der Waals surface area contributed by atoms with Crippen LogP contribution in [0.2, 0.25) is 0 Å². The first-order valence-corrected chi connectivity index (χ1v) is 8.55. The fourth-order valence-electron chi connectivity index (χ4n) is 2.34. The van der Waals surface area contributed by atoms with Crippen LogP contribution in [-0.4, -0.2) is 12.6 Å². The topological polar surface area (TPSA) is 21.3 Å². The summed E-state index contributed by atoms with van der Waals surface area (Å²) in [7, 11) is 0. The Morgan fingerprint density at radius 1 is 1.05 bits per heavy atom. The molecule has 0 aliphatic carbocycles. The molecule has 0 amide bonds. The fourth-order valence-corrected chi connectivity index (χ4v) is 3.21. The summed E-state index contributed by atoms with van der Waals surface area (Å²) in [5.41, 5.74) is 1.35. The number of hydrogen-bond donors (Lipinski definition) is 1. The lowest BCUT2D eigenvalue weighted by Crippen LogP contribution is -2.27. The summed E-state index contributed by atoms with van der Waals surface area (Å²) in [4.78, 5) is 2.71. The number of benzene rings is 1. The van der Waals surface area contributed by atoms with Gasteiger partial charge in [-0.15, -0.1) is 11.3 Å². The van der Waals surface area contributed by atoms with Gasteiger partial charge in [0.1, 0.15) is 12.4 Å². The van der Waals surface area contributed by atoms with Gasteiger partial charge in [-0.2, -0.15) is 0 Å². The van der Waals surface area contributed by atoms with Crippen LogP contribution in [0.5, 0.6) is 5.75 Å². The van der Waals surface area contributed by atoms with Crippen molar-refractivity contribution in [1.29, 1.82) is 0 Å². The standard InChI is InChI=1S/C18H25NOS/c1-4-17-10-11-18(21-17)13-20-16-8-6-15(7-9-16)12-14(3)19-5-2/h6-11,14,19H,4-5,12-13H2,1-3H3. The predicted octanol–water partition coefficient (Wildman–Crippen LogP) is 4.43. The highest BCUT2D eigenvalue weighted by Crippen LogP contribution is 2.20. The number of likely N-dealkylation sites (N-methyl/N-ethyl adjacent to an activating group) is 1. The van der Waals surface area contributed by atoms with Crippen molar-refractivity contribution < 1.29 is 4.74 Å². The second-order valence-corrected chi connectivity index (χ2v) is 6.57. The van der Waals surface area contributed by atoms with Crippen LogP contribution in [0.1, 0.15) is 36.1 Å². The highest BCUT2D eigenvalue weighted by atomic mass is 32.1. The van der Waals surface area contributed by atoms with Gasteiger partial charge in [-0.3, -0.25) is 0 Å². The van der Waals surface area contributed by atoms with E-state index < -0.39 is 0 Å². The molecule has 0 aliphatic rings. The average Bonchev–Trinajstić information content (AvgIpc) is 2.95. The third-order valence-corrected chi connectivity index (χ3v) is 4.67. The Bertz CT molecular complexity index is 532. The maximum Gasteiger partial charge on any atom is 0.122 e. The van der Waals surface area contributed by atoms with E-state index in [9.17, 15) is 0 Å². The predicted molar refractivity (Wildman–Crippen MR) is 91.3 cm³/mol. The molecule has 114 valence electrons. The summed E-state index contributed by atoms with van der Waals surface area (Å²) in [6, 6.07) is 13.3. The van der Waals surface area contributed by atoms with Gasteiger partial charge in [-0.25, -0.2) is 0 Å². The molecule has 0 spiro atoms. The third kappa shape index (κ3) is 5.18. The van der Waals surface area contributed by atoms with E-state index in [1.54, 1.807) is 0 Å². The van der Waals surface area contributed by atoms with E-state index in [2.05, 4.69) is 62.5 Å². The summed E-state index contributed by atoms with van der Waals surface area (Å²) >= 11 is 1.84. The van der Waals surface area contributed by atoms with Crippen LogP contribution < -0.4 is 10.1 Å². The van der Waals surface area contributed by atoms with Crippen molar-refractivity contribution in [3.63, 3.8) is 0 Å². The summed E-state index contributed by atoms with van der Waals surface area (Å²) in [5.74, 6) is 0.946. The van der Waals surface area contributed by atoms with Gasteiger partial charge in [0.15, 0.2) is 0 Å². The molecule has 0 saturated heterocycles. The first-order chi connectivity index (χ1) is 10.2. The van der Waals surface area contributed by atoms with Gasteiger partial charge in [0.2, 0.25) is 0 Å². The SMILES string of the molecule is CCNC(C)Cc1ccc(OCc2ccc(CC)s2)cc1. The number of nitrogens with one attached hydrogen (secondary N) is 1. The average molecular weight is 303 g/mol. The van der Waals surface area contributed by atoms with Crippen molar-refractivity contribution in [1.82, 2.24) is 5.32 Å². The van der Waals surface area contributed by atoms with Gasteiger partial charge in [0, 0.05) is 15.8 Å². The van der Waals surface area contributed by atoms with Crippen molar-refractivity contribution >= 4 is 11.3 Å². The molecule has 2 rings (SSSR count). The monoisotopic (exact) mass is 303 g/mol. The van der Waals surface area contributed by atoms with Crippen molar-refractivity contribution in [2.45, 2.75) is 46.3 Å². The zero-order valence-corrected chi connectivity index (χ0v) is 14.0. The maximum atomic E-state index is 5.85. The van der Waals surface area contributed by atoms with E-state index in [0.717, 1.165) is 25.1 Å². The summed E-state index contributed by atoms with van der Waals surface area (Å²) in [5, 5.41) is 3.43. The second kappa shape index (κ2) is 8.20. The number of aryl methyl sites for hydroxylation is 1. The van der Waals surface area contributed by atoms with Crippen molar-refractivity contribution in [3.05, 3.63) is 51.7 Å². The lowest BCUT2D eigenvalue weighted by molar-refractivity contribution is 0.309. The molecule has 3 heteroatoms. The summed E-state index contributed by atoms with van der Waals surface area (Å²) in [6.07, 6.45) is 2.16. The molecular weight excluding hydrogens is 278 g/mol. The highest BCUT2D eigenvalue weighted by molar-refractivity contribution is 7.11. The van der Waals surface area contributed by atoms with Crippen LogP contribution in [0.4, 0.5) is 0 Å². The Hall–Kier alpha value is -1.32. The van der Waals surface area contributed by atoms with E-state index in [1.165, 1.54) is 15.3 Å². The molecule has 1 N–H and O–H groups in total. The van der Waals surface area contributed by atoms with Gasteiger partial charge >= 0.3 is 0 Å². The zero-order valence-electron chi connectivity index (χ0n) is 13.2. The Kier molecular flexibility index (Phi) is 6.27. The summed E-state index contributed by atoms with van der Waals surface area (Å²) in [6.45, 7) is 8.22. The lowest BCUT2D eigenvalue weighted by Gasteiger charge is -2.12. The molecule has 2 aromatic rings. The number of rotatable bonds is 8. The highest BCUT2D eigenvalue weighted by Gasteiger charge is 2.03. The normalized spacial score (nSPS) is 12.3. The molecule has 21 heavy (non-hydrogen) atoms. The van der Waals surface area contributed by atoms with Crippen LogP contribution in [0.15, 0.2) is 36.4 Å². The zero-order chi connectivity index (χ0) is 15.1. The molecule has 1 aromatic heterocycles. The molecule has 0 saturated carbocycles. The lowest BCUT2D eigenvalue weighted by atomic mass is 10.1. The Morgan fingerprint density at radius 2 is 1.76 bits per heavy atom. The Labute approximate surface area is 132 Å². The minimum absolute atomic E-state index is 0.514. The van der Waals surface area contributed by atoms with E-state index in [4.69, 9.17) is 4.74 Å². The first kappa shape index (κ1) is 16.1. The second-order valence-electron chi connectivity index (χ2n) is 5.32. The van der Waals surface area contributed by atoms with Gasteiger partial charge < -0.3 is 10.1 Å². The molecule has 0 aliphatic heterocycles. The van der Waals surface area contributed by atoms with Gasteiger partial charge in [-0.05, 0) is 56.1 Å². The molecule has 0 bridgehead atoms. The van der Waals surface area contributed by atoms with Crippen LogP contribution in [0, 0.1) is 0 Å². The fraction of sp³-hybridized carbons (Fsp3) is 0.444. The molecule has 1 atom stereocenters. The minimum atomic E-state index is 0.514. The van der Waals surface area contributed by atoms with E-state index in [0.29, 0.717) is 12.6 Å².